The SMILES string of the molecule is Cc1c(C(=O)OCc2cc(-c3ccco3)on2)oc2c(F)cccc12. The maximum absolute atomic E-state index is 13.8. The molecule has 0 aliphatic carbocycles. The second kappa shape index (κ2) is 5.94. The Bertz CT molecular complexity index is 1040. The van der Waals surface area contributed by atoms with E-state index in [2.05, 4.69) is 5.16 Å². The topological polar surface area (TPSA) is 78.6 Å². The van der Waals surface area contributed by atoms with Crippen molar-refractivity contribution in [2.45, 2.75) is 13.5 Å². The molecule has 0 spiro atoms. The molecule has 1 aromatic carbocycles. The molecule has 0 aliphatic rings. The number of carbonyl (C=O) groups excluding carboxylic acids is 1. The zero-order valence-electron chi connectivity index (χ0n) is 13.1. The van der Waals surface area contributed by atoms with Crippen LogP contribution < -0.4 is 0 Å². The summed E-state index contributed by atoms with van der Waals surface area (Å²) in [7, 11) is 0. The van der Waals surface area contributed by atoms with Crippen LogP contribution in [0.25, 0.3) is 22.5 Å². The van der Waals surface area contributed by atoms with E-state index in [-0.39, 0.29) is 18.0 Å². The summed E-state index contributed by atoms with van der Waals surface area (Å²) in [4.78, 5) is 12.2. The fourth-order valence-corrected chi connectivity index (χ4v) is 2.52. The van der Waals surface area contributed by atoms with Crippen molar-refractivity contribution in [1.29, 1.82) is 0 Å². The Kier molecular flexibility index (Phi) is 3.61. The van der Waals surface area contributed by atoms with Crippen LogP contribution >= 0.6 is 0 Å². The molecule has 0 atom stereocenters. The summed E-state index contributed by atoms with van der Waals surface area (Å²) in [6, 6.07) is 9.56. The van der Waals surface area contributed by atoms with E-state index in [1.165, 1.54) is 12.3 Å². The Labute approximate surface area is 140 Å². The summed E-state index contributed by atoms with van der Waals surface area (Å²) in [6.07, 6.45) is 1.51. The number of benzene rings is 1. The maximum atomic E-state index is 13.8. The van der Waals surface area contributed by atoms with Gasteiger partial charge in [-0.15, -0.1) is 0 Å². The number of para-hydroxylation sites is 1. The average Bonchev–Trinajstić information content (AvgIpc) is 3.33. The van der Waals surface area contributed by atoms with Crippen molar-refractivity contribution < 1.29 is 27.3 Å². The van der Waals surface area contributed by atoms with Gasteiger partial charge in [-0.3, -0.25) is 0 Å². The third kappa shape index (κ3) is 2.69. The van der Waals surface area contributed by atoms with Crippen molar-refractivity contribution >= 4 is 16.9 Å². The molecule has 0 unspecified atom stereocenters. The highest BCUT2D eigenvalue weighted by Crippen LogP contribution is 2.28. The van der Waals surface area contributed by atoms with Gasteiger partial charge in [-0.05, 0) is 25.1 Å². The number of nitrogens with zero attached hydrogens (tertiary/aromatic N) is 1. The number of halogens is 1. The number of fused-ring (bicyclic) bond motifs is 1. The van der Waals surface area contributed by atoms with Crippen LogP contribution in [0.5, 0.6) is 0 Å². The summed E-state index contributed by atoms with van der Waals surface area (Å²) < 4.78 is 34.6. The van der Waals surface area contributed by atoms with Crippen LogP contribution in [0.1, 0.15) is 21.8 Å². The van der Waals surface area contributed by atoms with E-state index in [0.29, 0.717) is 28.2 Å². The minimum Gasteiger partial charge on any atom is -0.461 e. The zero-order chi connectivity index (χ0) is 17.4. The predicted octanol–water partition coefficient (Wildman–Crippen LogP) is 4.49. The van der Waals surface area contributed by atoms with E-state index in [1.807, 2.05) is 0 Å². The first-order chi connectivity index (χ1) is 12.1. The predicted molar refractivity (Wildman–Crippen MR) is 84.2 cm³/mol. The first kappa shape index (κ1) is 15.2. The Morgan fingerprint density at radius 1 is 1.24 bits per heavy atom. The molecular weight excluding hydrogens is 329 g/mol. The van der Waals surface area contributed by atoms with E-state index in [9.17, 15) is 9.18 Å². The molecule has 126 valence electrons. The molecule has 3 heterocycles. The molecule has 0 amide bonds. The van der Waals surface area contributed by atoms with E-state index in [1.54, 1.807) is 37.3 Å². The summed E-state index contributed by atoms with van der Waals surface area (Å²) in [5, 5.41) is 4.35. The van der Waals surface area contributed by atoms with Crippen LogP contribution in [-0.2, 0) is 11.3 Å². The Hall–Kier alpha value is -3.35. The van der Waals surface area contributed by atoms with Gasteiger partial charge in [0.2, 0.25) is 11.5 Å². The molecule has 7 heteroatoms. The van der Waals surface area contributed by atoms with Crippen molar-refractivity contribution in [3.8, 4) is 11.5 Å². The third-order valence-corrected chi connectivity index (χ3v) is 3.78. The van der Waals surface area contributed by atoms with Crippen LogP contribution in [0.3, 0.4) is 0 Å². The van der Waals surface area contributed by atoms with Crippen molar-refractivity contribution in [1.82, 2.24) is 5.16 Å². The minimum absolute atomic E-state index is 0.0325. The molecule has 0 aliphatic heterocycles. The number of aromatic nitrogens is 1. The monoisotopic (exact) mass is 341 g/mol. The van der Waals surface area contributed by atoms with Crippen LogP contribution in [0.2, 0.25) is 0 Å². The molecular formula is C18H12FNO5. The lowest BCUT2D eigenvalue weighted by molar-refractivity contribution is 0.0429. The normalized spacial score (nSPS) is 11.1. The van der Waals surface area contributed by atoms with Crippen molar-refractivity contribution in [3.05, 3.63) is 65.5 Å². The number of aryl methyl sites for hydroxylation is 1. The Morgan fingerprint density at radius 2 is 2.12 bits per heavy atom. The first-order valence-electron chi connectivity index (χ1n) is 7.47. The van der Waals surface area contributed by atoms with Gasteiger partial charge in [0.25, 0.3) is 0 Å². The lowest BCUT2D eigenvalue weighted by Crippen LogP contribution is -2.05. The Morgan fingerprint density at radius 3 is 2.88 bits per heavy atom. The lowest BCUT2D eigenvalue weighted by atomic mass is 10.1. The average molecular weight is 341 g/mol. The molecule has 3 aromatic heterocycles. The van der Waals surface area contributed by atoms with E-state index in [4.69, 9.17) is 18.1 Å². The van der Waals surface area contributed by atoms with E-state index < -0.39 is 11.8 Å². The van der Waals surface area contributed by atoms with Gasteiger partial charge < -0.3 is 18.1 Å². The highest BCUT2D eigenvalue weighted by atomic mass is 19.1. The van der Waals surface area contributed by atoms with Crippen LogP contribution in [0, 0.1) is 12.7 Å². The second-order valence-electron chi connectivity index (χ2n) is 5.41. The molecule has 0 N–H and O–H groups in total. The molecule has 25 heavy (non-hydrogen) atoms. The van der Waals surface area contributed by atoms with Gasteiger partial charge in [-0.25, -0.2) is 9.18 Å². The highest BCUT2D eigenvalue weighted by molar-refractivity contribution is 5.96. The number of rotatable bonds is 4. The van der Waals surface area contributed by atoms with Gasteiger partial charge in [0.05, 0.1) is 6.26 Å². The fourth-order valence-electron chi connectivity index (χ4n) is 2.52. The summed E-state index contributed by atoms with van der Waals surface area (Å²) in [5.41, 5.74) is 0.976. The van der Waals surface area contributed by atoms with E-state index in [0.717, 1.165) is 0 Å². The van der Waals surface area contributed by atoms with Crippen molar-refractivity contribution in [3.63, 3.8) is 0 Å². The molecule has 6 nitrogen and oxygen atoms in total. The number of hydrogen-bond acceptors (Lipinski definition) is 6. The van der Waals surface area contributed by atoms with Gasteiger partial charge in [0, 0.05) is 17.0 Å². The molecule has 4 rings (SSSR count). The molecule has 0 bridgehead atoms. The minimum atomic E-state index is -0.698. The number of esters is 1. The number of furan rings is 2. The molecule has 0 radical (unpaired) electrons. The molecule has 0 fully saturated rings. The largest absolute Gasteiger partial charge is 0.461 e. The number of hydrogen-bond donors (Lipinski definition) is 0. The van der Waals surface area contributed by atoms with Crippen LogP contribution in [0.15, 0.2) is 56.0 Å². The number of ether oxygens (including phenoxy) is 1. The van der Waals surface area contributed by atoms with Gasteiger partial charge in [0.15, 0.2) is 17.2 Å². The summed E-state index contributed by atoms with van der Waals surface area (Å²) in [5.74, 6) is -0.309. The third-order valence-electron chi connectivity index (χ3n) is 3.78. The van der Waals surface area contributed by atoms with E-state index >= 15 is 0 Å². The maximum Gasteiger partial charge on any atom is 0.374 e. The standard InChI is InChI=1S/C18H12FNO5/c1-10-12-4-2-5-13(19)17(12)24-16(10)18(21)23-9-11-8-15(25-20-11)14-6-3-7-22-14/h2-8H,9H2,1H3. The molecule has 0 saturated heterocycles. The van der Waals surface area contributed by atoms with Gasteiger partial charge in [0.1, 0.15) is 12.3 Å². The van der Waals surface area contributed by atoms with Gasteiger partial charge in [-0.2, -0.15) is 0 Å². The quantitative estimate of drug-likeness (QED) is 0.509. The van der Waals surface area contributed by atoms with Crippen molar-refractivity contribution in [2.75, 3.05) is 0 Å². The first-order valence-corrected chi connectivity index (χ1v) is 7.47. The van der Waals surface area contributed by atoms with Crippen LogP contribution in [0.4, 0.5) is 4.39 Å². The number of carbonyl (C=O) groups is 1. The Balaban J connectivity index is 1.51. The summed E-state index contributed by atoms with van der Waals surface area (Å²) in [6.45, 7) is 1.56. The van der Waals surface area contributed by atoms with Crippen LogP contribution in [-0.4, -0.2) is 11.1 Å². The van der Waals surface area contributed by atoms with Crippen molar-refractivity contribution in [2.24, 2.45) is 0 Å². The zero-order valence-corrected chi connectivity index (χ0v) is 13.1. The fraction of sp³-hybridized carbons (Fsp3) is 0.111. The molecule has 4 aromatic rings. The highest BCUT2D eigenvalue weighted by Gasteiger charge is 2.21. The second-order valence-corrected chi connectivity index (χ2v) is 5.41. The summed E-state index contributed by atoms with van der Waals surface area (Å²) >= 11 is 0. The molecule has 0 saturated carbocycles. The van der Waals surface area contributed by atoms with Gasteiger partial charge >= 0.3 is 5.97 Å². The smallest absolute Gasteiger partial charge is 0.374 e. The van der Waals surface area contributed by atoms with Gasteiger partial charge in [-0.1, -0.05) is 17.3 Å². The lowest BCUT2D eigenvalue weighted by Gasteiger charge is -2.00.